The van der Waals surface area contributed by atoms with Gasteiger partial charge in [-0.1, -0.05) is 12.2 Å². The number of carbonyl (C=O) groups excluding carboxylic acids is 2. The fraction of sp³-hybridized carbons (Fsp3) is 0.143. The summed E-state index contributed by atoms with van der Waals surface area (Å²) in [6.45, 7) is 0. The molecule has 9 heavy (non-hydrogen) atoms. The smallest absolute Gasteiger partial charge is 0.225 e. The second-order valence-corrected chi connectivity index (χ2v) is 1.28. The van der Waals surface area contributed by atoms with Crippen LogP contribution in [0.25, 0.3) is 0 Å². The summed E-state index contributed by atoms with van der Waals surface area (Å²) in [5.41, 5.74) is 0. The Morgan fingerprint density at radius 2 is 1.44 bits per heavy atom. The molecule has 0 saturated heterocycles. The van der Waals surface area contributed by atoms with E-state index in [0.29, 0.717) is 6.42 Å². The number of hydrogen-bond donors (Lipinski definition) is 0. The molecule has 2 radical (unpaired) electrons. The van der Waals surface area contributed by atoms with Gasteiger partial charge >= 0.3 is 0 Å². The third-order valence-corrected chi connectivity index (χ3v) is 0.644. The second-order valence-electron chi connectivity index (χ2n) is 1.28. The largest absolute Gasteiger partial charge is 0.286 e. The van der Waals surface area contributed by atoms with Crippen LogP contribution < -0.4 is 0 Å². The summed E-state index contributed by atoms with van der Waals surface area (Å²) in [4.78, 5) is 19.0. The lowest BCUT2D eigenvalue weighted by molar-refractivity contribution is 0.563. The molecule has 2 nitrogen and oxygen atoms in total. The molecule has 0 unspecified atom stereocenters. The normalized spacial score (nSPS) is 10.7. The van der Waals surface area contributed by atoms with Gasteiger partial charge in [0.25, 0.3) is 0 Å². The van der Waals surface area contributed by atoms with Gasteiger partial charge in [-0.05, 0) is 18.6 Å². The zero-order chi connectivity index (χ0) is 6.95. The summed E-state index contributed by atoms with van der Waals surface area (Å²) in [5.74, 6) is 0. The molecular weight excluding hydrogens is 116 g/mol. The lowest BCUT2D eigenvalue weighted by Crippen LogP contribution is -1.62. The lowest BCUT2D eigenvalue weighted by Gasteiger charge is -1.72. The molecule has 0 bridgehead atoms. The average molecular weight is 122 g/mol. The van der Waals surface area contributed by atoms with E-state index in [4.69, 9.17) is 0 Å². The highest BCUT2D eigenvalue weighted by atomic mass is 16.1. The van der Waals surface area contributed by atoms with Crippen molar-refractivity contribution in [3.63, 3.8) is 0 Å². The molecule has 0 saturated carbocycles. The van der Waals surface area contributed by atoms with Crippen LogP contribution in [0.4, 0.5) is 0 Å². The zero-order valence-corrected chi connectivity index (χ0v) is 4.83. The molecule has 46 valence electrons. The predicted molar refractivity (Wildman–Crippen MR) is 34.3 cm³/mol. The maximum absolute atomic E-state index is 9.52. The summed E-state index contributed by atoms with van der Waals surface area (Å²) < 4.78 is 0. The maximum atomic E-state index is 9.52. The molecule has 0 aliphatic heterocycles. The molecule has 2 heteroatoms. The van der Waals surface area contributed by atoms with Crippen molar-refractivity contribution in [3.8, 4) is 0 Å². The Hall–Kier alpha value is -1.18. The number of rotatable bonds is 4. The molecule has 0 heterocycles. The minimum absolute atomic E-state index is 0.574. The Balaban J connectivity index is 3.27. The molecule has 0 spiro atoms. The summed E-state index contributed by atoms with van der Waals surface area (Å²) in [7, 11) is 0. The van der Waals surface area contributed by atoms with Gasteiger partial charge in [0.05, 0.1) is 0 Å². The van der Waals surface area contributed by atoms with Crippen LogP contribution in [0.1, 0.15) is 6.42 Å². The Morgan fingerprint density at radius 3 is 1.78 bits per heavy atom. The molecular formula is C7H6O2. The molecule has 0 rings (SSSR count). The minimum atomic E-state index is 0.574. The highest BCUT2D eigenvalue weighted by molar-refractivity contribution is 5.66. The van der Waals surface area contributed by atoms with Crippen LogP contribution in [-0.4, -0.2) is 12.6 Å². The zero-order valence-electron chi connectivity index (χ0n) is 4.83. The van der Waals surface area contributed by atoms with Gasteiger partial charge in [0.15, 0.2) is 0 Å². The van der Waals surface area contributed by atoms with Crippen LogP contribution in [-0.2, 0) is 9.59 Å². The van der Waals surface area contributed by atoms with E-state index >= 15 is 0 Å². The van der Waals surface area contributed by atoms with Crippen LogP contribution in [0.2, 0.25) is 0 Å². The first-order valence-electron chi connectivity index (χ1n) is 2.47. The number of hydrogen-bond acceptors (Lipinski definition) is 2. The van der Waals surface area contributed by atoms with Crippen molar-refractivity contribution < 1.29 is 9.59 Å². The van der Waals surface area contributed by atoms with Crippen molar-refractivity contribution in [1.29, 1.82) is 0 Å². The van der Waals surface area contributed by atoms with E-state index in [2.05, 4.69) is 0 Å². The topological polar surface area (TPSA) is 34.1 Å². The third-order valence-electron chi connectivity index (χ3n) is 0.644. The molecule has 0 N–H and O–H groups in total. The first kappa shape index (κ1) is 7.82. The minimum Gasteiger partial charge on any atom is -0.286 e. The molecule has 0 fully saturated rings. The van der Waals surface area contributed by atoms with Crippen molar-refractivity contribution in [1.82, 2.24) is 0 Å². The summed E-state index contributed by atoms with van der Waals surface area (Å²) in [5, 5.41) is 0. The van der Waals surface area contributed by atoms with Crippen molar-refractivity contribution in [3.05, 3.63) is 24.3 Å². The van der Waals surface area contributed by atoms with Gasteiger partial charge in [0.2, 0.25) is 12.6 Å². The van der Waals surface area contributed by atoms with Crippen molar-refractivity contribution in [2.24, 2.45) is 0 Å². The Kier molecular flexibility index (Phi) is 5.93. The van der Waals surface area contributed by atoms with Gasteiger partial charge in [0, 0.05) is 0 Å². The van der Waals surface area contributed by atoms with E-state index < -0.39 is 0 Å². The Bertz CT molecular complexity index is 118. The summed E-state index contributed by atoms with van der Waals surface area (Å²) >= 11 is 0. The van der Waals surface area contributed by atoms with E-state index in [1.807, 2.05) is 0 Å². The van der Waals surface area contributed by atoms with Gasteiger partial charge in [-0.2, -0.15) is 0 Å². The van der Waals surface area contributed by atoms with Crippen LogP contribution in [0.3, 0.4) is 0 Å². The highest BCUT2D eigenvalue weighted by Crippen LogP contribution is 1.81. The monoisotopic (exact) mass is 122 g/mol. The fourth-order valence-electron chi connectivity index (χ4n) is 0.311. The predicted octanol–water partition coefficient (Wildman–Crippen LogP) is 0.708. The summed E-state index contributed by atoms with van der Waals surface area (Å²) in [6, 6.07) is 0. The van der Waals surface area contributed by atoms with E-state index in [1.165, 1.54) is 12.2 Å². The summed E-state index contributed by atoms with van der Waals surface area (Å²) in [6.07, 6.45) is 9.45. The van der Waals surface area contributed by atoms with Crippen LogP contribution in [0.5, 0.6) is 0 Å². The first-order chi connectivity index (χ1) is 4.41. The average Bonchev–Trinajstić information content (AvgIpc) is 1.89. The molecule has 0 aromatic rings. The highest BCUT2D eigenvalue weighted by Gasteiger charge is 1.69. The third kappa shape index (κ3) is 6.82. The van der Waals surface area contributed by atoms with Gasteiger partial charge < -0.3 is 0 Å². The van der Waals surface area contributed by atoms with E-state index in [9.17, 15) is 9.59 Å². The van der Waals surface area contributed by atoms with Gasteiger partial charge in [-0.15, -0.1) is 0 Å². The Morgan fingerprint density at radius 1 is 1.00 bits per heavy atom. The van der Waals surface area contributed by atoms with Crippen molar-refractivity contribution in [2.45, 2.75) is 6.42 Å². The van der Waals surface area contributed by atoms with E-state index in [0.717, 1.165) is 0 Å². The molecule has 0 aromatic heterocycles. The molecule has 0 amide bonds. The quantitative estimate of drug-likeness (QED) is 0.514. The fourth-order valence-corrected chi connectivity index (χ4v) is 0.311. The van der Waals surface area contributed by atoms with Crippen LogP contribution in [0.15, 0.2) is 24.3 Å². The van der Waals surface area contributed by atoms with Gasteiger partial charge in [0.1, 0.15) is 0 Å². The molecule has 0 aliphatic rings. The van der Waals surface area contributed by atoms with Crippen molar-refractivity contribution >= 4 is 12.6 Å². The van der Waals surface area contributed by atoms with Crippen LogP contribution >= 0.6 is 0 Å². The molecule has 0 aromatic carbocycles. The van der Waals surface area contributed by atoms with Crippen molar-refractivity contribution in [2.75, 3.05) is 0 Å². The first-order valence-corrected chi connectivity index (χ1v) is 2.47. The Labute approximate surface area is 53.9 Å². The SMILES string of the molecule is O=[C]C=CCC=C[C]=O. The second kappa shape index (κ2) is 6.82. The lowest BCUT2D eigenvalue weighted by atomic mass is 10.3. The molecule has 0 aliphatic carbocycles. The number of allylic oxidation sites excluding steroid dienone is 4. The maximum Gasteiger partial charge on any atom is 0.225 e. The molecule has 0 atom stereocenters. The van der Waals surface area contributed by atoms with Gasteiger partial charge in [-0.25, -0.2) is 0 Å². The van der Waals surface area contributed by atoms with E-state index in [-0.39, 0.29) is 0 Å². The van der Waals surface area contributed by atoms with Crippen LogP contribution in [0, 0.1) is 0 Å². The van der Waals surface area contributed by atoms with Gasteiger partial charge in [-0.3, -0.25) is 9.59 Å². The standard InChI is InChI=1S/C7H6O2/c8-6-4-2-1-3-5-7-9/h2-5H,1H2. The van der Waals surface area contributed by atoms with E-state index in [1.54, 1.807) is 24.7 Å².